The van der Waals surface area contributed by atoms with Gasteiger partial charge in [0.05, 0.1) is 16.4 Å². The van der Waals surface area contributed by atoms with E-state index in [0.29, 0.717) is 0 Å². The van der Waals surface area contributed by atoms with Crippen LogP contribution in [0.3, 0.4) is 0 Å². The molecule has 0 radical (unpaired) electrons. The number of anilines is 1. The van der Waals surface area contributed by atoms with Crippen LogP contribution in [0, 0.1) is 10.1 Å². The molecule has 0 amide bonds. The van der Waals surface area contributed by atoms with Gasteiger partial charge < -0.3 is 5.43 Å². The summed E-state index contributed by atoms with van der Waals surface area (Å²) in [6, 6.07) is 2.71. The van der Waals surface area contributed by atoms with E-state index in [1.807, 2.05) is 5.43 Å². The minimum Gasteiger partial charge on any atom is -0.318 e. The second-order valence-corrected chi connectivity index (χ2v) is 5.09. The normalized spacial score (nSPS) is 11.6. The summed E-state index contributed by atoms with van der Waals surface area (Å²) in [5.74, 6) is 5.03. The number of alkyl halides is 2. The first kappa shape index (κ1) is 15.2. The highest BCUT2D eigenvalue weighted by Gasteiger charge is 2.21. The van der Waals surface area contributed by atoms with E-state index in [2.05, 4.69) is 0 Å². The summed E-state index contributed by atoms with van der Waals surface area (Å²) in [7, 11) is -4.18. The van der Waals surface area contributed by atoms with Crippen molar-refractivity contribution in [3.05, 3.63) is 28.3 Å². The number of hydrogen-bond donors (Lipinski definition) is 3. The van der Waals surface area contributed by atoms with Crippen molar-refractivity contribution in [2.75, 3.05) is 12.0 Å². The molecule has 0 bridgehead atoms. The minimum absolute atomic E-state index is 0.245. The average Bonchev–Trinajstić information content (AvgIpc) is 2.35. The van der Waals surface area contributed by atoms with Crippen molar-refractivity contribution in [1.82, 2.24) is 4.72 Å². The molecule has 0 aromatic heterocycles. The van der Waals surface area contributed by atoms with Gasteiger partial charge in [-0.2, -0.15) is 0 Å². The molecular formula is C8H10F2N4O4S. The van der Waals surface area contributed by atoms with E-state index >= 15 is 0 Å². The Balaban J connectivity index is 3.12. The number of benzene rings is 1. The molecule has 1 aromatic rings. The van der Waals surface area contributed by atoms with Gasteiger partial charge in [-0.05, 0) is 12.1 Å². The number of nitro groups is 1. The van der Waals surface area contributed by atoms with Crippen molar-refractivity contribution < 1.29 is 22.1 Å². The Bertz CT molecular complexity index is 578. The molecule has 0 atom stereocenters. The SMILES string of the molecule is NNc1cc(S(=O)(=O)NCC(F)F)ccc1[N+](=O)[O-]. The third kappa shape index (κ3) is 3.81. The molecule has 8 nitrogen and oxygen atoms in total. The molecule has 1 rings (SSSR count). The Labute approximate surface area is 106 Å². The lowest BCUT2D eigenvalue weighted by atomic mass is 10.3. The number of hydrogen-bond acceptors (Lipinski definition) is 6. The van der Waals surface area contributed by atoms with Gasteiger partial charge in [0.15, 0.2) is 0 Å². The van der Waals surface area contributed by atoms with E-state index in [0.717, 1.165) is 18.2 Å². The van der Waals surface area contributed by atoms with Gasteiger partial charge in [-0.3, -0.25) is 16.0 Å². The second-order valence-electron chi connectivity index (χ2n) is 3.32. The number of nitrogens with one attached hydrogen (secondary N) is 2. The Morgan fingerprint density at radius 1 is 1.42 bits per heavy atom. The fourth-order valence-electron chi connectivity index (χ4n) is 1.21. The number of halogens is 2. The van der Waals surface area contributed by atoms with Crippen molar-refractivity contribution in [1.29, 1.82) is 0 Å². The fraction of sp³-hybridized carbons (Fsp3) is 0.250. The van der Waals surface area contributed by atoms with Crippen molar-refractivity contribution in [2.45, 2.75) is 11.3 Å². The van der Waals surface area contributed by atoms with Crippen LogP contribution in [0.25, 0.3) is 0 Å². The summed E-state index contributed by atoms with van der Waals surface area (Å²) in [6.45, 7) is -1.05. The highest BCUT2D eigenvalue weighted by molar-refractivity contribution is 7.89. The third-order valence-corrected chi connectivity index (χ3v) is 3.48. The highest BCUT2D eigenvalue weighted by atomic mass is 32.2. The Hall–Kier alpha value is -1.85. The van der Waals surface area contributed by atoms with E-state index in [-0.39, 0.29) is 5.69 Å². The van der Waals surface area contributed by atoms with Crippen LogP contribution in [0.4, 0.5) is 20.2 Å². The first-order valence-corrected chi connectivity index (χ1v) is 6.29. The van der Waals surface area contributed by atoms with Crippen molar-refractivity contribution in [3.63, 3.8) is 0 Å². The first-order chi connectivity index (χ1) is 8.77. The maximum Gasteiger partial charge on any atom is 0.293 e. The molecule has 0 saturated heterocycles. The maximum atomic E-state index is 11.9. The van der Waals surface area contributed by atoms with Crippen molar-refractivity contribution in [3.8, 4) is 0 Å². The van der Waals surface area contributed by atoms with Gasteiger partial charge in [0.25, 0.3) is 12.1 Å². The molecule has 0 aliphatic heterocycles. The molecule has 1 aromatic carbocycles. The lowest BCUT2D eigenvalue weighted by molar-refractivity contribution is -0.384. The van der Waals surface area contributed by atoms with Gasteiger partial charge >= 0.3 is 0 Å². The number of nitrogens with zero attached hydrogens (tertiary/aromatic N) is 1. The molecule has 0 aliphatic rings. The van der Waals surface area contributed by atoms with Gasteiger partial charge in [-0.15, -0.1) is 0 Å². The van der Waals surface area contributed by atoms with Crippen LogP contribution in [0.1, 0.15) is 0 Å². The molecule has 0 heterocycles. The highest BCUT2D eigenvalue weighted by Crippen LogP contribution is 2.26. The number of nitrogens with two attached hydrogens (primary N) is 1. The van der Waals surface area contributed by atoms with Crippen molar-refractivity contribution >= 4 is 21.4 Å². The maximum absolute atomic E-state index is 11.9. The van der Waals surface area contributed by atoms with Crippen LogP contribution in [0.5, 0.6) is 0 Å². The van der Waals surface area contributed by atoms with Gasteiger partial charge in [-0.1, -0.05) is 0 Å². The monoisotopic (exact) mass is 296 g/mol. The Morgan fingerprint density at radius 2 is 2.05 bits per heavy atom. The number of hydrazine groups is 1. The van der Waals surface area contributed by atoms with E-state index in [1.165, 1.54) is 0 Å². The van der Waals surface area contributed by atoms with E-state index in [1.54, 1.807) is 4.72 Å². The summed E-state index contributed by atoms with van der Waals surface area (Å²) < 4.78 is 48.8. The first-order valence-electron chi connectivity index (χ1n) is 4.81. The van der Waals surface area contributed by atoms with Gasteiger partial charge in [0.2, 0.25) is 10.0 Å². The van der Waals surface area contributed by atoms with E-state index in [4.69, 9.17) is 5.84 Å². The van der Waals surface area contributed by atoms with E-state index in [9.17, 15) is 27.3 Å². The largest absolute Gasteiger partial charge is 0.318 e. The predicted octanol–water partition coefficient (Wildman–Crippen LogP) is 0.424. The Morgan fingerprint density at radius 3 is 2.53 bits per heavy atom. The molecular weight excluding hydrogens is 286 g/mol. The van der Waals surface area contributed by atoms with Gasteiger partial charge in [0, 0.05) is 6.07 Å². The quantitative estimate of drug-likeness (QED) is 0.396. The molecule has 0 spiro atoms. The van der Waals surface area contributed by atoms with Crippen LogP contribution in [0.2, 0.25) is 0 Å². The zero-order valence-electron chi connectivity index (χ0n) is 9.34. The third-order valence-electron chi connectivity index (χ3n) is 2.06. The zero-order valence-corrected chi connectivity index (χ0v) is 10.2. The fourth-order valence-corrected chi connectivity index (χ4v) is 2.25. The molecule has 4 N–H and O–H groups in total. The average molecular weight is 296 g/mol. The lowest BCUT2D eigenvalue weighted by Gasteiger charge is -2.08. The van der Waals surface area contributed by atoms with Crippen LogP contribution in [-0.4, -0.2) is 26.3 Å². The summed E-state index contributed by atoms with van der Waals surface area (Å²) in [6.07, 6.45) is -2.85. The molecule has 0 fully saturated rings. The number of sulfonamides is 1. The lowest BCUT2D eigenvalue weighted by Crippen LogP contribution is -2.28. The zero-order chi connectivity index (χ0) is 14.6. The van der Waals surface area contributed by atoms with Crippen LogP contribution >= 0.6 is 0 Å². The van der Waals surface area contributed by atoms with Crippen LogP contribution < -0.4 is 16.0 Å². The molecule has 11 heteroatoms. The van der Waals surface area contributed by atoms with Gasteiger partial charge in [0.1, 0.15) is 5.69 Å². The summed E-state index contributed by atoms with van der Waals surface area (Å²) in [4.78, 5) is 9.43. The smallest absolute Gasteiger partial charge is 0.293 e. The Kier molecular flexibility index (Phi) is 4.69. The second kappa shape index (κ2) is 5.86. The number of nitro benzene ring substituents is 1. The van der Waals surface area contributed by atoms with E-state index < -0.39 is 38.5 Å². The number of nitrogen functional groups attached to an aromatic ring is 1. The summed E-state index contributed by atoms with van der Waals surface area (Å²) in [5.41, 5.74) is 1.29. The minimum atomic E-state index is -4.18. The molecule has 0 unspecified atom stereocenters. The van der Waals surface area contributed by atoms with Gasteiger partial charge in [-0.25, -0.2) is 21.9 Å². The molecule has 19 heavy (non-hydrogen) atoms. The molecule has 0 aliphatic carbocycles. The topological polar surface area (TPSA) is 127 Å². The molecule has 0 saturated carbocycles. The number of rotatable bonds is 6. The van der Waals surface area contributed by atoms with Crippen LogP contribution in [0.15, 0.2) is 23.1 Å². The summed E-state index contributed by atoms with van der Waals surface area (Å²) >= 11 is 0. The summed E-state index contributed by atoms with van der Waals surface area (Å²) in [5, 5.41) is 10.6. The molecule has 106 valence electrons. The van der Waals surface area contributed by atoms with Crippen molar-refractivity contribution in [2.24, 2.45) is 5.84 Å². The predicted molar refractivity (Wildman–Crippen MR) is 62.1 cm³/mol. The standard InChI is InChI=1S/C8H10F2N4O4S/c9-8(10)4-12-19(17,18)5-1-2-7(14(15)16)6(3-5)13-11/h1-3,8,12-13H,4,11H2. The van der Waals surface area contributed by atoms with Crippen LogP contribution in [-0.2, 0) is 10.0 Å².